The number of nitrogens with one attached hydrogen (secondary N) is 1. The van der Waals surface area contributed by atoms with E-state index in [9.17, 15) is 0 Å². The van der Waals surface area contributed by atoms with E-state index in [4.69, 9.17) is 0 Å². The maximum atomic E-state index is 3.48. The molecule has 2 heteroatoms. The van der Waals surface area contributed by atoms with E-state index in [0.29, 0.717) is 0 Å². The topological polar surface area (TPSA) is 12.0 Å². The lowest BCUT2D eigenvalue weighted by Gasteiger charge is -2.35. The molecular formula is C9H18ClN. The molecule has 1 saturated carbocycles. The lowest BCUT2D eigenvalue weighted by molar-refractivity contribution is 0.185. The minimum atomic E-state index is 0. The highest BCUT2D eigenvalue weighted by molar-refractivity contribution is 5.85. The van der Waals surface area contributed by atoms with Crippen molar-refractivity contribution in [3.8, 4) is 0 Å². The van der Waals surface area contributed by atoms with Crippen molar-refractivity contribution in [1.29, 1.82) is 0 Å². The zero-order valence-electron chi connectivity index (χ0n) is 7.01. The third-order valence-corrected chi connectivity index (χ3v) is 3.16. The first-order chi connectivity index (χ1) is 4.97. The minimum absolute atomic E-state index is 0. The van der Waals surface area contributed by atoms with Gasteiger partial charge in [-0.25, -0.2) is 0 Å². The van der Waals surface area contributed by atoms with Gasteiger partial charge in [0.25, 0.3) is 0 Å². The minimum Gasteiger partial charge on any atom is -0.316 e. The van der Waals surface area contributed by atoms with Crippen molar-refractivity contribution in [2.75, 3.05) is 13.1 Å². The molecule has 2 rings (SSSR count). The van der Waals surface area contributed by atoms with Crippen LogP contribution >= 0.6 is 12.4 Å². The normalized spacial score (nSPS) is 37.1. The average molecular weight is 176 g/mol. The molecule has 0 bridgehead atoms. The van der Waals surface area contributed by atoms with Gasteiger partial charge in [0.15, 0.2) is 0 Å². The van der Waals surface area contributed by atoms with E-state index < -0.39 is 0 Å². The van der Waals surface area contributed by atoms with Gasteiger partial charge >= 0.3 is 0 Å². The zero-order valence-corrected chi connectivity index (χ0v) is 7.83. The Bertz CT molecular complexity index is 90.1. The molecule has 66 valence electrons. The van der Waals surface area contributed by atoms with Crippen LogP contribution < -0.4 is 5.32 Å². The quantitative estimate of drug-likeness (QED) is 0.596. The van der Waals surface area contributed by atoms with Gasteiger partial charge in [-0.05, 0) is 37.8 Å². The van der Waals surface area contributed by atoms with Gasteiger partial charge in [-0.2, -0.15) is 0 Å². The molecule has 0 aromatic heterocycles. The second-order valence-electron chi connectivity index (χ2n) is 3.80. The molecule has 0 aromatic carbocycles. The first-order valence-corrected chi connectivity index (χ1v) is 4.67. The predicted molar refractivity (Wildman–Crippen MR) is 50.2 cm³/mol. The maximum absolute atomic E-state index is 3.48. The summed E-state index contributed by atoms with van der Waals surface area (Å²) in [4.78, 5) is 0. The first kappa shape index (κ1) is 9.34. The molecule has 0 amide bonds. The van der Waals surface area contributed by atoms with Gasteiger partial charge in [-0.3, -0.25) is 0 Å². The number of hydrogen-bond donors (Lipinski definition) is 1. The highest BCUT2D eigenvalue weighted by Crippen LogP contribution is 2.33. The summed E-state index contributed by atoms with van der Waals surface area (Å²) in [7, 11) is 0. The average Bonchev–Trinajstić information content (AvgIpc) is 2.05. The first-order valence-electron chi connectivity index (χ1n) is 4.67. The van der Waals surface area contributed by atoms with Crippen molar-refractivity contribution in [3.63, 3.8) is 0 Å². The second-order valence-corrected chi connectivity index (χ2v) is 3.80. The van der Waals surface area contributed by atoms with Crippen LogP contribution in [0.5, 0.6) is 0 Å². The maximum Gasteiger partial charge on any atom is -0.00179 e. The van der Waals surface area contributed by atoms with Crippen LogP contribution in [0.4, 0.5) is 0 Å². The summed E-state index contributed by atoms with van der Waals surface area (Å²) in [6.45, 7) is 2.59. The number of fused-ring (bicyclic) bond motifs is 1. The summed E-state index contributed by atoms with van der Waals surface area (Å²) < 4.78 is 0. The number of hydrogen-bond acceptors (Lipinski definition) is 1. The van der Waals surface area contributed by atoms with Crippen molar-refractivity contribution in [3.05, 3.63) is 0 Å². The molecule has 2 fully saturated rings. The van der Waals surface area contributed by atoms with E-state index in [1.165, 1.54) is 45.2 Å². The van der Waals surface area contributed by atoms with Crippen molar-refractivity contribution in [2.45, 2.75) is 32.1 Å². The Labute approximate surface area is 75.4 Å². The number of rotatable bonds is 0. The van der Waals surface area contributed by atoms with Crippen LogP contribution in [-0.4, -0.2) is 13.1 Å². The standard InChI is InChI=1S/C9H17N.ClH/c1-2-4-9-7-10-6-5-8(9)3-1;/h8-10H,1-7H2;1H/t8-,9+;/m0./s1. The molecule has 2 aliphatic rings. The molecule has 1 saturated heterocycles. The molecule has 1 heterocycles. The highest BCUT2D eigenvalue weighted by atomic mass is 35.5. The molecule has 0 aromatic rings. The van der Waals surface area contributed by atoms with Gasteiger partial charge in [-0.15, -0.1) is 12.4 Å². The van der Waals surface area contributed by atoms with Crippen LogP contribution in [0, 0.1) is 11.8 Å². The van der Waals surface area contributed by atoms with E-state index in [2.05, 4.69) is 5.32 Å². The Morgan fingerprint density at radius 1 is 0.909 bits per heavy atom. The van der Waals surface area contributed by atoms with Crippen LogP contribution in [-0.2, 0) is 0 Å². The smallest absolute Gasteiger partial charge is 0.00179 e. The predicted octanol–water partition coefficient (Wildman–Crippen LogP) is 2.21. The SMILES string of the molecule is C1CC[C@@H]2CNCC[C@@H]2C1.Cl. The van der Waals surface area contributed by atoms with E-state index in [1.54, 1.807) is 0 Å². The summed E-state index contributed by atoms with van der Waals surface area (Å²) in [6, 6.07) is 0. The number of halogens is 1. The largest absolute Gasteiger partial charge is 0.316 e. The summed E-state index contributed by atoms with van der Waals surface area (Å²) >= 11 is 0. The molecule has 0 unspecified atom stereocenters. The van der Waals surface area contributed by atoms with Crippen molar-refractivity contribution >= 4 is 12.4 Å². The van der Waals surface area contributed by atoms with Crippen LogP contribution in [0.1, 0.15) is 32.1 Å². The summed E-state index contributed by atoms with van der Waals surface area (Å²) in [5.74, 6) is 2.14. The molecule has 1 aliphatic carbocycles. The zero-order chi connectivity index (χ0) is 6.81. The molecule has 1 nitrogen and oxygen atoms in total. The van der Waals surface area contributed by atoms with Crippen molar-refractivity contribution in [1.82, 2.24) is 5.32 Å². The second kappa shape index (κ2) is 4.32. The Morgan fingerprint density at radius 2 is 1.64 bits per heavy atom. The molecule has 1 N–H and O–H groups in total. The van der Waals surface area contributed by atoms with E-state index in [0.717, 1.165) is 11.8 Å². The van der Waals surface area contributed by atoms with Gasteiger partial charge in [0.05, 0.1) is 0 Å². The van der Waals surface area contributed by atoms with Crippen LogP contribution in [0.15, 0.2) is 0 Å². The van der Waals surface area contributed by atoms with Gasteiger partial charge < -0.3 is 5.32 Å². The van der Waals surface area contributed by atoms with Crippen LogP contribution in [0.2, 0.25) is 0 Å². The monoisotopic (exact) mass is 175 g/mol. The van der Waals surface area contributed by atoms with Gasteiger partial charge in [0.2, 0.25) is 0 Å². The Balaban J connectivity index is 0.000000605. The Kier molecular flexibility index (Phi) is 3.67. The molecular weight excluding hydrogens is 158 g/mol. The fraction of sp³-hybridized carbons (Fsp3) is 1.00. The van der Waals surface area contributed by atoms with Gasteiger partial charge in [0.1, 0.15) is 0 Å². The van der Waals surface area contributed by atoms with Crippen molar-refractivity contribution < 1.29 is 0 Å². The third kappa shape index (κ3) is 2.09. The lowest BCUT2D eigenvalue weighted by atomic mass is 9.76. The highest BCUT2D eigenvalue weighted by Gasteiger charge is 2.26. The van der Waals surface area contributed by atoms with Gasteiger partial charge in [-0.1, -0.05) is 19.3 Å². The molecule has 2 atom stereocenters. The molecule has 0 spiro atoms. The fourth-order valence-corrected chi connectivity index (χ4v) is 2.51. The Hall–Kier alpha value is 0.250. The molecule has 0 radical (unpaired) electrons. The van der Waals surface area contributed by atoms with Crippen LogP contribution in [0.3, 0.4) is 0 Å². The lowest BCUT2D eigenvalue weighted by Crippen LogP contribution is -2.38. The third-order valence-electron chi connectivity index (χ3n) is 3.16. The number of piperidine rings is 1. The van der Waals surface area contributed by atoms with Crippen molar-refractivity contribution in [2.24, 2.45) is 11.8 Å². The molecule has 11 heavy (non-hydrogen) atoms. The summed E-state index contributed by atoms with van der Waals surface area (Å²) in [6.07, 6.45) is 7.46. The summed E-state index contributed by atoms with van der Waals surface area (Å²) in [5, 5.41) is 3.48. The Morgan fingerprint density at radius 3 is 2.36 bits per heavy atom. The molecule has 1 aliphatic heterocycles. The van der Waals surface area contributed by atoms with Gasteiger partial charge in [0, 0.05) is 0 Å². The van der Waals surface area contributed by atoms with E-state index >= 15 is 0 Å². The van der Waals surface area contributed by atoms with E-state index in [1.807, 2.05) is 0 Å². The summed E-state index contributed by atoms with van der Waals surface area (Å²) in [5.41, 5.74) is 0. The van der Waals surface area contributed by atoms with E-state index in [-0.39, 0.29) is 12.4 Å². The van der Waals surface area contributed by atoms with Crippen LogP contribution in [0.25, 0.3) is 0 Å². The fourth-order valence-electron chi connectivity index (χ4n) is 2.51.